The average molecular weight is 571 g/mol. The third-order valence-corrected chi connectivity index (χ3v) is 8.96. The van der Waals surface area contributed by atoms with Crippen LogP contribution in [-0.4, -0.2) is 61.7 Å². The first-order chi connectivity index (χ1) is 19.8. The Kier molecular flexibility index (Phi) is 9.06. The van der Waals surface area contributed by atoms with E-state index >= 15 is 0 Å². The van der Waals surface area contributed by atoms with Gasteiger partial charge in [-0.1, -0.05) is 121 Å². The molecular weight excluding hydrogens is 531 g/mol. The SMILES string of the molecule is OC(Cc1ccccc1)[C@H]1OC(CP)[C@@](O)(Cc2ccccc2)[C@](O)(Cc2ccccc2)[C@]1(O)Cc1ccccc1. The van der Waals surface area contributed by atoms with Crippen molar-refractivity contribution in [3.05, 3.63) is 144 Å². The summed E-state index contributed by atoms with van der Waals surface area (Å²) in [5, 5.41) is 50.5. The van der Waals surface area contributed by atoms with Crippen LogP contribution in [0.1, 0.15) is 22.3 Å². The summed E-state index contributed by atoms with van der Waals surface area (Å²) in [6, 6.07) is 37.8. The molecule has 1 heterocycles. The third-order valence-electron chi connectivity index (χ3n) is 8.53. The fourth-order valence-electron chi connectivity index (χ4n) is 6.42. The molecule has 214 valence electrons. The Balaban J connectivity index is 1.68. The van der Waals surface area contributed by atoms with E-state index in [2.05, 4.69) is 9.24 Å². The number of aliphatic hydroxyl groups is 4. The summed E-state index contributed by atoms with van der Waals surface area (Å²) >= 11 is 0. The van der Waals surface area contributed by atoms with E-state index in [9.17, 15) is 20.4 Å². The summed E-state index contributed by atoms with van der Waals surface area (Å²) in [5.74, 6) is 0. The molecule has 1 aliphatic rings. The highest BCUT2D eigenvalue weighted by Crippen LogP contribution is 2.51. The van der Waals surface area contributed by atoms with Crippen LogP contribution >= 0.6 is 9.24 Å². The van der Waals surface area contributed by atoms with E-state index < -0.39 is 35.1 Å². The third kappa shape index (κ3) is 5.89. The quantitative estimate of drug-likeness (QED) is 0.215. The lowest BCUT2D eigenvalue weighted by molar-refractivity contribution is -0.361. The van der Waals surface area contributed by atoms with E-state index in [0.717, 1.165) is 22.3 Å². The van der Waals surface area contributed by atoms with E-state index in [-0.39, 0.29) is 31.8 Å². The standard InChI is InChI=1S/C35H39O5P/c36-30(21-26-13-5-1-6-14-26)32-34(38,23-28-17-9-3-10-18-28)35(39,24-29-19-11-4-12-20-29)33(37,31(25-41)40-32)22-27-15-7-2-8-16-27/h1-20,30-32,36-39H,21-25,41H2/t30?,31?,32-,33+,34+,35-/m1/s1. The Labute approximate surface area is 244 Å². The predicted octanol–water partition coefficient (Wildman–Crippen LogP) is 4.15. The molecule has 0 bridgehead atoms. The van der Waals surface area contributed by atoms with E-state index in [0.29, 0.717) is 0 Å². The van der Waals surface area contributed by atoms with E-state index in [1.807, 2.05) is 121 Å². The summed E-state index contributed by atoms with van der Waals surface area (Å²) in [6.07, 6.45) is -2.77. The highest BCUT2D eigenvalue weighted by molar-refractivity contribution is 7.16. The van der Waals surface area contributed by atoms with Crippen LogP contribution in [0.2, 0.25) is 0 Å². The van der Waals surface area contributed by atoms with E-state index in [1.165, 1.54) is 0 Å². The van der Waals surface area contributed by atoms with Crippen LogP contribution in [0.3, 0.4) is 0 Å². The van der Waals surface area contributed by atoms with Crippen molar-refractivity contribution in [1.82, 2.24) is 0 Å². The Hall–Kier alpha value is -2.89. The maximum Gasteiger partial charge on any atom is 0.132 e. The first-order valence-electron chi connectivity index (χ1n) is 14.2. The number of ether oxygens (including phenoxy) is 1. The molecule has 0 spiro atoms. The van der Waals surface area contributed by atoms with Crippen LogP contribution < -0.4 is 0 Å². The van der Waals surface area contributed by atoms with Gasteiger partial charge >= 0.3 is 0 Å². The molecule has 3 unspecified atom stereocenters. The number of aliphatic hydroxyl groups excluding tert-OH is 1. The van der Waals surface area contributed by atoms with Crippen LogP contribution in [0.15, 0.2) is 121 Å². The molecule has 4 aromatic carbocycles. The summed E-state index contributed by atoms with van der Waals surface area (Å²) in [7, 11) is 2.62. The Morgan fingerprint density at radius 2 is 0.976 bits per heavy atom. The van der Waals surface area contributed by atoms with Gasteiger partial charge in [0, 0.05) is 25.7 Å². The molecule has 0 amide bonds. The Morgan fingerprint density at radius 1 is 0.585 bits per heavy atom. The second kappa shape index (κ2) is 12.5. The molecule has 4 aromatic rings. The van der Waals surface area contributed by atoms with Gasteiger partial charge < -0.3 is 25.2 Å². The molecular formula is C35H39O5P. The van der Waals surface area contributed by atoms with E-state index in [1.54, 1.807) is 0 Å². The summed E-state index contributed by atoms with van der Waals surface area (Å²) in [4.78, 5) is 0. The van der Waals surface area contributed by atoms with Gasteiger partial charge in [-0.25, -0.2) is 0 Å². The van der Waals surface area contributed by atoms with Gasteiger partial charge in [-0.2, -0.15) is 0 Å². The minimum Gasteiger partial charge on any atom is -0.390 e. The maximum absolute atomic E-state index is 13.1. The molecule has 5 nitrogen and oxygen atoms in total. The van der Waals surface area contributed by atoms with Crippen molar-refractivity contribution < 1.29 is 25.2 Å². The molecule has 1 fully saturated rings. The fourth-order valence-corrected chi connectivity index (χ4v) is 6.92. The summed E-state index contributed by atoms with van der Waals surface area (Å²) < 4.78 is 6.55. The molecule has 4 N–H and O–H groups in total. The molecule has 5 rings (SSSR count). The van der Waals surface area contributed by atoms with Crippen LogP contribution in [0.5, 0.6) is 0 Å². The normalized spacial score (nSPS) is 28.7. The van der Waals surface area contributed by atoms with Crippen molar-refractivity contribution >= 4 is 9.24 Å². The van der Waals surface area contributed by atoms with Gasteiger partial charge in [0.25, 0.3) is 0 Å². The predicted molar refractivity (Wildman–Crippen MR) is 165 cm³/mol. The highest BCUT2D eigenvalue weighted by Gasteiger charge is 2.71. The zero-order chi connectivity index (χ0) is 28.9. The molecule has 7 atom stereocenters. The average Bonchev–Trinajstić information content (AvgIpc) is 2.98. The van der Waals surface area contributed by atoms with Crippen molar-refractivity contribution in [2.24, 2.45) is 0 Å². The maximum atomic E-state index is 13.1. The first-order valence-corrected chi connectivity index (χ1v) is 15.0. The first kappa shape index (κ1) is 29.6. The van der Waals surface area contributed by atoms with Gasteiger partial charge in [-0.15, -0.1) is 9.24 Å². The topological polar surface area (TPSA) is 90.2 Å². The minimum absolute atomic E-state index is 0.0334. The Morgan fingerprint density at radius 3 is 1.41 bits per heavy atom. The van der Waals surface area contributed by atoms with Crippen molar-refractivity contribution in [2.45, 2.75) is 60.8 Å². The summed E-state index contributed by atoms with van der Waals surface area (Å²) in [5.41, 5.74) is -2.89. The second-order valence-corrected chi connectivity index (χ2v) is 11.7. The number of rotatable bonds is 10. The van der Waals surface area contributed by atoms with Gasteiger partial charge in [0.15, 0.2) is 0 Å². The highest BCUT2D eigenvalue weighted by atomic mass is 31.0. The van der Waals surface area contributed by atoms with Gasteiger partial charge in [0.2, 0.25) is 0 Å². The largest absolute Gasteiger partial charge is 0.390 e. The lowest BCUT2D eigenvalue weighted by Gasteiger charge is -2.62. The number of hydrogen-bond acceptors (Lipinski definition) is 5. The zero-order valence-corrected chi connectivity index (χ0v) is 24.2. The monoisotopic (exact) mass is 570 g/mol. The molecule has 0 aromatic heterocycles. The Bertz CT molecular complexity index is 1370. The summed E-state index contributed by atoms with van der Waals surface area (Å²) in [6.45, 7) is 0. The van der Waals surface area contributed by atoms with E-state index in [4.69, 9.17) is 4.74 Å². The van der Waals surface area contributed by atoms with Crippen molar-refractivity contribution in [3.63, 3.8) is 0 Å². The molecule has 6 heteroatoms. The van der Waals surface area contributed by atoms with Crippen LogP contribution in [0.25, 0.3) is 0 Å². The lowest BCUT2D eigenvalue weighted by Crippen LogP contribution is -2.83. The molecule has 0 aliphatic carbocycles. The van der Waals surface area contributed by atoms with Crippen molar-refractivity contribution in [1.29, 1.82) is 0 Å². The lowest BCUT2D eigenvalue weighted by atomic mass is 9.57. The fraction of sp³-hybridized carbons (Fsp3) is 0.314. The molecule has 0 saturated carbocycles. The van der Waals surface area contributed by atoms with Crippen molar-refractivity contribution in [3.8, 4) is 0 Å². The number of benzene rings is 4. The van der Waals surface area contributed by atoms with Crippen LogP contribution in [0.4, 0.5) is 0 Å². The molecule has 41 heavy (non-hydrogen) atoms. The second-order valence-electron chi connectivity index (χ2n) is 11.2. The van der Waals surface area contributed by atoms with Gasteiger partial charge in [0.05, 0.1) is 12.2 Å². The van der Waals surface area contributed by atoms with Crippen molar-refractivity contribution in [2.75, 3.05) is 6.16 Å². The zero-order valence-electron chi connectivity index (χ0n) is 23.1. The molecule has 1 saturated heterocycles. The van der Waals surface area contributed by atoms with Gasteiger partial charge in [0.1, 0.15) is 22.9 Å². The number of hydrogen-bond donors (Lipinski definition) is 4. The smallest absolute Gasteiger partial charge is 0.132 e. The minimum atomic E-state index is -2.12. The van der Waals surface area contributed by atoms with Gasteiger partial charge in [-0.05, 0) is 28.4 Å². The van der Waals surface area contributed by atoms with Crippen LogP contribution in [-0.2, 0) is 30.4 Å². The molecule has 0 radical (unpaired) electrons. The van der Waals surface area contributed by atoms with Gasteiger partial charge in [-0.3, -0.25) is 0 Å². The van der Waals surface area contributed by atoms with Crippen LogP contribution in [0, 0.1) is 0 Å². The molecule has 1 aliphatic heterocycles.